The molecular weight excluding hydrogens is 666 g/mol. The minimum atomic E-state index is -4.16. The highest BCUT2D eigenvalue weighted by Gasteiger charge is 2.40. The fourth-order valence-electron chi connectivity index (χ4n) is 5.11. The molecule has 0 saturated carbocycles. The molecular formula is C32H36ClN5O7S2. The summed E-state index contributed by atoms with van der Waals surface area (Å²) < 4.78 is 27.1. The average Bonchev–Trinajstić information content (AvgIpc) is 3.75. The van der Waals surface area contributed by atoms with E-state index in [2.05, 4.69) is 15.6 Å². The van der Waals surface area contributed by atoms with Crippen LogP contribution in [0.2, 0.25) is 5.02 Å². The normalized spacial score (nSPS) is 16.1. The molecule has 1 aliphatic rings. The highest BCUT2D eigenvalue weighted by atomic mass is 35.5. The second-order valence-electron chi connectivity index (χ2n) is 11.8. The number of hydrogen-bond acceptors (Lipinski definition) is 9. The maximum Gasteiger partial charge on any atom is 0.264 e. The van der Waals surface area contributed by atoms with E-state index >= 15 is 0 Å². The summed E-state index contributed by atoms with van der Waals surface area (Å²) in [4.78, 5) is 71.4. The van der Waals surface area contributed by atoms with Crippen LogP contribution in [-0.4, -0.2) is 72.4 Å². The number of halogens is 1. The summed E-state index contributed by atoms with van der Waals surface area (Å²) in [5, 5.41) is 7.90. The van der Waals surface area contributed by atoms with Gasteiger partial charge in [0.25, 0.3) is 21.8 Å². The number of sulfonamides is 1. The lowest BCUT2D eigenvalue weighted by Crippen LogP contribution is -2.57. The Hall–Kier alpha value is -4.14. The number of Topliss-reactive ketones (excluding diaryl/α,β-unsaturated/α-hetero) is 1. The number of nitrogens with one attached hydrogen (secondary N) is 3. The molecule has 4 amide bonds. The third-order valence-corrected chi connectivity index (χ3v) is 10.1. The molecule has 3 atom stereocenters. The molecule has 1 saturated heterocycles. The molecule has 4 rings (SSSR count). The van der Waals surface area contributed by atoms with Crippen LogP contribution in [0.3, 0.4) is 0 Å². The Morgan fingerprint density at radius 1 is 0.872 bits per heavy atom. The lowest BCUT2D eigenvalue weighted by Gasteiger charge is -2.31. The summed E-state index contributed by atoms with van der Waals surface area (Å²) >= 11 is 7.00. The van der Waals surface area contributed by atoms with E-state index in [1.807, 2.05) is 18.6 Å². The Labute approximate surface area is 282 Å². The number of benzene rings is 2. The van der Waals surface area contributed by atoms with Crippen molar-refractivity contribution in [3.8, 4) is 0 Å². The monoisotopic (exact) mass is 701 g/mol. The first-order valence-electron chi connectivity index (χ1n) is 15.0. The lowest BCUT2D eigenvalue weighted by atomic mass is 9.99. The molecule has 47 heavy (non-hydrogen) atoms. The summed E-state index contributed by atoms with van der Waals surface area (Å²) in [5.41, 5.74) is 0.131. The van der Waals surface area contributed by atoms with Crippen LogP contribution in [0, 0.1) is 11.8 Å². The molecule has 3 aromatic rings. The molecule has 250 valence electrons. The largest absolute Gasteiger partial charge is 0.344 e. The van der Waals surface area contributed by atoms with Crippen LogP contribution in [0.25, 0.3) is 0 Å². The van der Waals surface area contributed by atoms with Gasteiger partial charge in [0.2, 0.25) is 17.6 Å². The molecule has 2 aromatic carbocycles. The molecule has 0 bridgehead atoms. The van der Waals surface area contributed by atoms with Crippen molar-refractivity contribution >= 4 is 62.4 Å². The number of rotatable bonds is 12. The van der Waals surface area contributed by atoms with Gasteiger partial charge in [-0.05, 0) is 73.2 Å². The van der Waals surface area contributed by atoms with Crippen LogP contribution in [-0.2, 0) is 19.6 Å². The Bertz CT molecular complexity index is 1730. The number of amides is 4. The van der Waals surface area contributed by atoms with Crippen molar-refractivity contribution in [2.24, 2.45) is 11.8 Å². The predicted octanol–water partition coefficient (Wildman–Crippen LogP) is 3.68. The van der Waals surface area contributed by atoms with Crippen LogP contribution in [0.1, 0.15) is 71.1 Å². The first kappa shape index (κ1) is 35.7. The summed E-state index contributed by atoms with van der Waals surface area (Å²) in [7, 11) is -4.16. The zero-order chi connectivity index (χ0) is 34.5. The van der Waals surface area contributed by atoms with Crippen LogP contribution in [0.15, 0.2) is 65.0 Å². The fourth-order valence-corrected chi connectivity index (χ4v) is 6.82. The Morgan fingerprint density at radius 2 is 1.47 bits per heavy atom. The van der Waals surface area contributed by atoms with Gasteiger partial charge in [-0.3, -0.25) is 24.0 Å². The van der Waals surface area contributed by atoms with Crippen molar-refractivity contribution < 1.29 is 32.4 Å². The first-order valence-corrected chi connectivity index (χ1v) is 17.7. The molecule has 0 radical (unpaired) electrons. The van der Waals surface area contributed by atoms with Crippen molar-refractivity contribution in [2.45, 2.75) is 63.6 Å². The van der Waals surface area contributed by atoms with E-state index in [0.717, 1.165) is 0 Å². The number of likely N-dealkylation sites (tertiary alicyclic amines) is 1. The summed E-state index contributed by atoms with van der Waals surface area (Å²) in [6.07, 6.45) is 2.51. The Balaban J connectivity index is 1.41. The van der Waals surface area contributed by atoms with Gasteiger partial charge in [-0.1, -0.05) is 39.3 Å². The number of hydrogen-bond donors (Lipinski definition) is 3. The van der Waals surface area contributed by atoms with E-state index in [-0.39, 0.29) is 33.6 Å². The van der Waals surface area contributed by atoms with Gasteiger partial charge in [-0.15, -0.1) is 11.3 Å². The summed E-state index contributed by atoms with van der Waals surface area (Å²) in [6.45, 7) is 7.49. The highest BCUT2D eigenvalue weighted by molar-refractivity contribution is 7.90. The topological polar surface area (TPSA) is 172 Å². The first-order chi connectivity index (χ1) is 22.2. The van der Waals surface area contributed by atoms with Gasteiger partial charge in [-0.2, -0.15) is 0 Å². The zero-order valence-corrected chi connectivity index (χ0v) is 28.6. The highest BCUT2D eigenvalue weighted by Crippen LogP contribution is 2.22. The molecule has 3 N–H and O–H groups in total. The van der Waals surface area contributed by atoms with E-state index in [9.17, 15) is 32.4 Å². The van der Waals surface area contributed by atoms with Gasteiger partial charge >= 0.3 is 0 Å². The third kappa shape index (κ3) is 8.62. The van der Waals surface area contributed by atoms with E-state index in [4.69, 9.17) is 11.6 Å². The van der Waals surface area contributed by atoms with Gasteiger partial charge < -0.3 is 15.5 Å². The minimum Gasteiger partial charge on any atom is -0.344 e. The van der Waals surface area contributed by atoms with Gasteiger partial charge in [-0.25, -0.2) is 18.1 Å². The zero-order valence-electron chi connectivity index (χ0n) is 26.2. The van der Waals surface area contributed by atoms with Crippen molar-refractivity contribution in [1.82, 2.24) is 25.2 Å². The summed E-state index contributed by atoms with van der Waals surface area (Å²) in [5.74, 6) is -3.21. The van der Waals surface area contributed by atoms with Crippen LogP contribution in [0.5, 0.6) is 0 Å². The Morgan fingerprint density at radius 3 is 2.02 bits per heavy atom. The third-order valence-electron chi connectivity index (χ3n) is 7.71. The number of nitrogens with zero attached hydrogens (tertiary/aromatic N) is 2. The van der Waals surface area contributed by atoms with Gasteiger partial charge in [0, 0.05) is 34.3 Å². The molecule has 15 heteroatoms. The van der Waals surface area contributed by atoms with Crippen LogP contribution < -0.4 is 15.4 Å². The standard InChI is InChI=1S/C32H36ClN5O7S2/c1-18(2)25(27(39)31-34-15-17-46-31)35-30(42)24-6-5-16-38(24)32(43)26(19(3)4)36-28(40)20-7-9-21(10-8-20)29(41)37-47(44,45)23-13-11-22(33)12-14-23/h7-15,17-19,24-26H,5-6,16H2,1-4H3,(H,35,42)(H,36,40)(H,37,41)/t24-,25?,26-/m0/s1. The molecule has 12 nitrogen and oxygen atoms in total. The van der Waals surface area contributed by atoms with Crippen molar-refractivity contribution in [3.05, 3.63) is 81.3 Å². The van der Waals surface area contributed by atoms with Crippen molar-refractivity contribution in [3.63, 3.8) is 0 Å². The predicted molar refractivity (Wildman–Crippen MR) is 177 cm³/mol. The average molecular weight is 702 g/mol. The van der Waals surface area contributed by atoms with Crippen molar-refractivity contribution in [2.75, 3.05) is 6.54 Å². The second kappa shape index (κ2) is 15.2. The quantitative estimate of drug-likeness (QED) is 0.240. The van der Waals surface area contributed by atoms with Gasteiger partial charge in [0.1, 0.15) is 12.1 Å². The number of carbonyl (C=O) groups is 5. The maximum absolute atomic E-state index is 13.8. The molecule has 1 fully saturated rings. The number of aromatic nitrogens is 1. The van der Waals surface area contributed by atoms with Gasteiger partial charge in [0.05, 0.1) is 10.9 Å². The molecule has 2 heterocycles. The summed E-state index contributed by atoms with van der Waals surface area (Å²) in [6, 6.07) is 8.00. The molecule has 1 aliphatic heterocycles. The van der Waals surface area contributed by atoms with Gasteiger partial charge in [0.15, 0.2) is 5.01 Å². The smallest absolute Gasteiger partial charge is 0.264 e. The van der Waals surface area contributed by atoms with Crippen LogP contribution >= 0.6 is 22.9 Å². The van der Waals surface area contributed by atoms with E-state index < -0.39 is 51.8 Å². The minimum absolute atomic E-state index is 0.00506. The van der Waals surface area contributed by atoms with E-state index in [1.165, 1.54) is 71.0 Å². The van der Waals surface area contributed by atoms with E-state index in [0.29, 0.717) is 29.4 Å². The molecule has 0 spiro atoms. The van der Waals surface area contributed by atoms with Crippen molar-refractivity contribution in [1.29, 1.82) is 0 Å². The number of carbonyl (C=O) groups excluding carboxylic acids is 5. The second-order valence-corrected chi connectivity index (χ2v) is 14.8. The number of ketones is 1. The fraction of sp³-hybridized carbons (Fsp3) is 0.375. The SMILES string of the molecule is CC(C)C(NC(=O)[C@@H]1CCCN1C(=O)[C@@H](NC(=O)c1ccc(C(=O)NS(=O)(=O)c2ccc(Cl)cc2)cc1)C(C)C)C(=O)c1nccs1. The number of thiazole rings is 1. The van der Waals surface area contributed by atoms with Crippen LogP contribution in [0.4, 0.5) is 0 Å². The lowest BCUT2D eigenvalue weighted by molar-refractivity contribution is -0.140. The maximum atomic E-state index is 13.8. The molecule has 1 unspecified atom stereocenters. The molecule has 1 aromatic heterocycles. The molecule has 0 aliphatic carbocycles. The van der Waals surface area contributed by atoms with E-state index in [1.54, 1.807) is 19.2 Å². The Kier molecular flexibility index (Phi) is 11.5.